The minimum absolute atomic E-state index is 0.0381. The van der Waals surface area contributed by atoms with Crippen molar-refractivity contribution in [3.05, 3.63) is 58.1 Å². The van der Waals surface area contributed by atoms with E-state index in [1.54, 1.807) is 18.2 Å². The molecule has 0 fully saturated rings. The maximum absolute atomic E-state index is 12.3. The van der Waals surface area contributed by atoms with Crippen LogP contribution in [0.2, 0.25) is 0 Å². The second kappa shape index (κ2) is 7.06. The Labute approximate surface area is 140 Å². The number of hydrogen-bond acceptors (Lipinski definition) is 4. The van der Waals surface area contributed by atoms with Crippen LogP contribution in [-0.2, 0) is 4.79 Å². The van der Waals surface area contributed by atoms with Gasteiger partial charge in [0.25, 0.3) is 5.91 Å². The first-order valence-corrected chi connectivity index (χ1v) is 7.29. The second-order valence-corrected chi connectivity index (χ2v) is 5.49. The van der Waals surface area contributed by atoms with Gasteiger partial charge in [0.2, 0.25) is 0 Å². The van der Waals surface area contributed by atoms with Gasteiger partial charge in [-0.25, -0.2) is 4.79 Å². The van der Waals surface area contributed by atoms with Gasteiger partial charge in [-0.15, -0.1) is 0 Å². The number of carbonyl (C=O) groups is 3. The van der Waals surface area contributed by atoms with Gasteiger partial charge in [0.05, 0.1) is 11.3 Å². The summed E-state index contributed by atoms with van der Waals surface area (Å²) < 4.78 is 5.50. The fraction of sp³-hybridized carbons (Fsp3) is 0.0625. The number of ether oxygens (including phenoxy) is 1. The molecule has 0 aromatic heterocycles. The molecule has 0 heterocycles. The number of amides is 1. The standard InChI is InChI=1S/C16H12BrNO5/c1-9(19)23-12-4-2-3-10(7-12)15(20)18-14-6-5-11(17)8-13(14)16(21)22/h2-8H,1H3,(H,18,20)(H,21,22). The van der Waals surface area contributed by atoms with Gasteiger partial charge < -0.3 is 15.2 Å². The summed E-state index contributed by atoms with van der Waals surface area (Å²) in [5.74, 6) is -1.93. The molecule has 0 radical (unpaired) electrons. The van der Waals surface area contributed by atoms with E-state index in [9.17, 15) is 19.5 Å². The highest BCUT2D eigenvalue weighted by Gasteiger charge is 2.14. The Bertz CT molecular complexity index is 788. The molecule has 2 rings (SSSR count). The lowest BCUT2D eigenvalue weighted by Crippen LogP contribution is -2.15. The van der Waals surface area contributed by atoms with Crippen molar-refractivity contribution in [3.63, 3.8) is 0 Å². The zero-order valence-corrected chi connectivity index (χ0v) is 13.6. The summed E-state index contributed by atoms with van der Waals surface area (Å²) in [7, 11) is 0. The monoisotopic (exact) mass is 377 g/mol. The topological polar surface area (TPSA) is 92.7 Å². The number of carboxylic acid groups (broad SMARTS) is 1. The summed E-state index contributed by atoms with van der Waals surface area (Å²) in [6.07, 6.45) is 0. The first-order chi connectivity index (χ1) is 10.9. The molecule has 2 aromatic carbocycles. The fourth-order valence-corrected chi connectivity index (χ4v) is 2.22. The van der Waals surface area contributed by atoms with Crippen LogP contribution in [0.4, 0.5) is 5.69 Å². The molecule has 2 aromatic rings. The van der Waals surface area contributed by atoms with E-state index in [0.29, 0.717) is 4.47 Å². The van der Waals surface area contributed by atoms with Crippen LogP contribution in [0, 0.1) is 0 Å². The van der Waals surface area contributed by atoms with E-state index in [-0.39, 0.29) is 22.6 Å². The number of halogens is 1. The number of carbonyl (C=O) groups excluding carboxylic acids is 2. The zero-order valence-electron chi connectivity index (χ0n) is 12.0. The summed E-state index contributed by atoms with van der Waals surface area (Å²) in [5, 5.41) is 11.7. The minimum Gasteiger partial charge on any atom is -0.478 e. The van der Waals surface area contributed by atoms with E-state index in [1.165, 1.54) is 31.2 Å². The maximum atomic E-state index is 12.3. The van der Waals surface area contributed by atoms with Crippen molar-refractivity contribution in [2.75, 3.05) is 5.32 Å². The van der Waals surface area contributed by atoms with Crippen molar-refractivity contribution in [1.82, 2.24) is 0 Å². The number of esters is 1. The molecule has 0 spiro atoms. The largest absolute Gasteiger partial charge is 0.478 e. The van der Waals surface area contributed by atoms with Crippen LogP contribution < -0.4 is 10.1 Å². The molecule has 0 saturated heterocycles. The second-order valence-electron chi connectivity index (χ2n) is 4.57. The molecule has 118 valence electrons. The van der Waals surface area contributed by atoms with Crippen molar-refractivity contribution >= 4 is 39.5 Å². The van der Waals surface area contributed by atoms with Crippen molar-refractivity contribution in [2.45, 2.75) is 6.92 Å². The quantitative estimate of drug-likeness (QED) is 0.629. The molecule has 0 aliphatic carbocycles. The molecule has 2 N–H and O–H groups in total. The highest BCUT2D eigenvalue weighted by molar-refractivity contribution is 9.10. The third kappa shape index (κ3) is 4.40. The molecular formula is C16H12BrNO5. The lowest BCUT2D eigenvalue weighted by atomic mass is 10.1. The SMILES string of the molecule is CC(=O)Oc1cccc(C(=O)Nc2ccc(Br)cc2C(=O)O)c1. The Morgan fingerprint density at radius 1 is 1.13 bits per heavy atom. The minimum atomic E-state index is -1.16. The molecule has 0 aliphatic rings. The highest BCUT2D eigenvalue weighted by Crippen LogP contribution is 2.22. The third-order valence-electron chi connectivity index (χ3n) is 2.82. The van der Waals surface area contributed by atoms with Crippen LogP contribution in [0.1, 0.15) is 27.6 Å². The van der Waals surface area contributed by atoms with Gasteiger partial charge in [0.1, 0.15) is 5.75 Å². The summed E-state index contributed by atoms with van der Waals surface area (Å²) in [5.41, 5.74) is 0.371. The Hall–Kier alpha value is -2.67. The van der Waals surface area contributed by atoms with Gasteiger partial charge in [0, 0.05) is 17.0 Å². The van der Waals surface area contributed by atoms with E-state index in [0.717, 1.165) is 0 Å². The first kappa shape index (κ1) is 16.7. The van der Waals surface area contributed by atoms with Crippen molar-refractivity contribution in [1.29, 1.82) is 0 Å². The van der Waals surface area contributed by atoms with Gasteiger partial charge in [-0.3, -0.25) is 9.59 Å². The van der Waals surface area contributed by atoms with Gasteiger partial charge in [-0.05, 0) is 36.4 Å². The number of benzene rings is 2. The number of carboxylic acids is 1. The average molecular weight is 378 g/mol. The van der Waals surface area contributed by atoms with Crippen molar-refractivity contribution < 1.29 is 24.2 Å². The molecule has 23 heavy (non-hydrogen) atoms. The molecule has 7 heteroatoms. The summed E-state index contributed by atoms with van der Waals surface area (Å²) in [4.78, 5) is 34.4. The predicted molar refractivity (Wildman–Crippen MR) is 86.8 cm³/mol. The molecule has 0 unspecified atom stereocenters. The van der Waals surface area contributed by atoms with Crippen LogP contribution >= 0.6 is 15.9 Å². The molecular weight excluding hydrogens is 366 g/mol. The Morgan fingerprint density at radius 3 is 2.52 bits per heavy atom. The molecule has 0 saturated carbocycles. The average Bonchev–Trinajstić information content (AvgIpc) is 2.48. The Morgan fingerprint density at radius 2 is 1.87 bits per heavy atom. The van der Waals surface area contributed by atoms with Crippen molar-refractivity contribution in [3.8, 4) is 5.75 Å². The van der Waals surface area contributed by atoms with E-state index < -0.39 is 17.8 Å². The summed E-state index contributed by atoms with van der Waals surface area (Å²) in [6.45, 7) is 1.26. The first-order valence-electron chi connectivity index (χ1n) is 6.49. The number of nitrogens with one attached hydrogen (secondary N) is 1. The van der Waals surface area contributed by atoms with Crippen LogP contribution in [0.5, 0.6) is 5.75 Å². The van der Waals surface area contributed by atoms with E-state index >= 15 is 0 Å². The molecule has 0 bridgehead atoms. The van der Waals surface area contributed by atoms with Crippen LogP contribution in [-0.4, -0.2) is 23.0 Å². The lowest BCUT2D eigenvalue weighted by Gasteiger charge is -2.10. The van der Waals surface area contributed by atoms with E-state index in [4.69, 9.17) is 4.74 Å². The van der Waals surface area contributed by atoms with Gasteiger partial charge in [-0.2, -0.15) is 0 Å². The van der Waals surface area contributed by atoms with Crippen LogP contribution in [0.15, 0.2) is 46.9 Å². The number of aromatic carboxylic acids is 1. The Kier molecular flexibility index (Phi) is 5.13. The Balaban J connectivity index is 2.26. The summed E-state index contributed by atoms with van der Waals surface area (Å²) in [6, 6.07) is 10.5. The molecule has 0 atom stereocenters. The van der Waals surface area contributed by atoms with Gasteiger partial charge >= 0.3 is 11.9 Å². The molecule has 0 aliphatic heterocycles. The highest BCUT2D eigenvalue weighted by atomic mass is 79.9. The van der Waals surface area contributed by atoms with Crippen molar-refractivity contribution in [2.24, 2.45) is 0 Å². The summed E-state index contributed by atoms with van der Waals surface area (Å²) >= 11 is 3.18. The third-order valence-corrected chi connectivity index (χ3v) is 3.31. The zero-order chi connectivity index (χ0) is 17.0. The fourth-order valence-electron chi connectivity index (χ4n) is 1.86. The lowest BCUT2D eigenvalue weighted by molar-refractivity contribution is -0.131. The van der Waals surface area contributed by atoms with Crippen LogP contribution in [0.3, 0.4) is 0 Å². The van der Waals surface area contributed by atoms with E-state index in [2.05, 4.69) is 21.2 Å². The van der Waals surface area contributed by atoms with Gasteiger partial charge in [-0.1, -0.05) is 22.0 Å². The smallest absolute Gasteiger partial charge is 0.337 e. The van der Waals surface area contributed by atoms with Crippen LogP contribution in [0.25, 0.3) is 0 Å². The molecule has 6 nitrogen and oxygen atoms in total. The van der Waals surface area contributed by atoms with Gasteiger partial charge in [0.15, 0.2) is 0 Å². The number of rotatable bonds is 4. The number of anilines is 1. The number of hydrogen-bond donors (Lipinski definition) is 2. The maximum Gasteiger partial charge on any atom is 0.337 e. The molecule has 1 amide bonds. The van der Waals surface area contributed by atoms with E-state index in [1.807, 2.05) is 0 Å². The normalized spacial score (nSPS) is 10.0. The predicted octanol–water partition coefficient (Wildman–Crippen LogP) is 3.32.